The first-order valence-corrected chi connectivity index (χ1v) is 11.9. The molecule has 5 nitrogen and oxygen atoms in total. The zero-order valence-electron chi connectivity index (χ0n) is 18.5. The van der Waals surface area contributed by atoms with Gasteiger partial charge in [0.05, 0.1) is 5.56 Å². The molecule has 3 aromatic carbocycles. The number of nitrogens with two attached hydrogens (primary N) is 1. The molecule has 0 aliphatic rings. The number of hydrogen-bond donors (Lipinski definition) is 3. The Balaban J connectivity index is 1.46. The summed E-state index contributed by atoms with van der Waals surface area (Å²) in [7, 11) is 0. The van der Waals surface area contributed by atoms with E-state index in [-0.39, 0.29) is 11.0 Å². The van der Waals surface area contributed by atoms with E-state index in [4.69, 9.17) is 18.0 Å². The van der Waals surface area contributed by atoms with Crippen LogP contribution in [0.4, 0.5) is 5.00 Å². The monoisotopic (exact) mass is 485 g/mol. The Labute approximate surface area is 207 Å². The maximum absolute atomic E-state index is 12.7. The Morgan fingerprint density at radius 1 is 0.882 bits per heavy atom. The Morgan fingerprint density at radius 3 is 2.09 bits per heavy atom. The van der Waals surface area contributed by atoms with Gasteiger partial charge in [0, 0.05) is 16.9 Å². The summed E-state index contributed by atoms with van der Waals surface area (Å²) >= 11 is 6.76. The molecule has 4 aromatic rings. The molecule has 7 heteroatoms. The van der Waals surface area contributed by atoms with Crippen molar-refractivity contribution in [1.82, 2.24) is 5.32 Å². The summed E-state index contributed by atoms with van der Waals surface area (Å²) in [5, 5.41) is 6.31. The molecule has 0 spiro atoms. The second-order valence-corrected chi connectivity index (χ2v) is 9.25. The highest BCUT2D eigenvalue weighted by Gasteiger charge is 2.21. The van der Waals surface area contributed by atoms with Crippen LogP contribution in [0.25, 0.3) is 11.1 Å². The molecule has 0 aliphatic carbocycles. The van der Waals surface area contributed by atoms with Crippen molar-refractivity contribution in [3.63, 3.8) is 0 Å². The smallest absolute Gasteiger partial charge is 0.257 e. The van der Waals surface area contributed by atoms with Crippen LogP contribution in [0.2, 0.25) is 0 Å². The van der Waals surface area contributed by atoms with Gasteiger partial charge in [-0.2, -0.15) is 0 Å². The third kappa shape index (κ3) is 5.39. The van der Waals surface area contributed by atoms with Gasteiger partial charge in [0.1, 0.15) is 5.00 Å². The van der Waals surface area contributed by atoms with Crippen molar-refractivity contribution in [2.45, 2.75) is 13.3 Å². The van der Waals surface area contributed by atoms with E-state index in [9.17, 15) is 9.59 Å². The fraction of sp³-hybridized carbons (Fsp3) is 0.0741. The van der Waals surface area contributed by atoms with E-state index < -0.39 is 5.91 Å². The average molecular weight is 486 g/mol. The van der Waals surface area contributed by atoms with E-state index in [1.165, 1.54) is 11.3 Å². The summed E-state index contributed by atoms with van der Waals surface area (Å²) < 4.78 is 0. The quantitative estimate of drug-likeness (QED) is 0.313. The minimum atomic E-state index is -0.541. The van der Waals surface area contributed by atoms with Crippen molar-refractivity contribution in [2.75, 3.05) is 5.32 Å². The molecule has 0 saturated carbocycles. The molecule has 0 atom stereocenters. The van der Waals surface area contributed by atoms with Crippen molar-refractivity contribution < 1.29 is 9.59 Å². The maximum Gasteiger partial charge on any atom is 0.257 e. The van der Waals surface area contributed by atoms with Gasteiger partial charge < -0.3 is 11.1 Å². The van der Waals surface area contributed by atoms with Gasteiger partial charge in [-0.25, -0.2) is 0 Å². The first kappa shape index (κ1) is 23.4. The number of carbonyl (C=O) groups excluding carboxylic acids is 2. The molecule has 0 aliphatic heterocycles. The number of benzene rings is 3. The first-order valence-electron chi connectivity index (χ1n) is 10.7. The standard InChI is InChI=1S/C27H23N3O2S2/c1-17-22(16-18-8-4-2-5-9-18)34-26(23(17)24(28)31)30-27(33)29-25(32)21-14-12-20(13-15-21)19-10-6-3-7-11-19/h2-15H,16H2,1H3,(H2,28,31)(H2,29,30,32,33). The lowest BCUT2D eigenvalue weighted by molar-refractivity contribution is 0.0975. The largest absolute Gasteiger partial charge is 0.365 e. The molecule has 0 fully saturated rings. The van der Waals surface area contributed by atoms with Crippen LogP contribution >= 0.6 is 23.6 Å². The minimum Gasteiger partial charge on any atom is -0.365 e. The average Bonchev–Trinajstić information content (AvgIpc) is 3.14. The van der Waals surface area contributed by atoms with Crippen molar-refractivity contribution in [1.29, 1.82) is 0 Å². The summed E-state index contributed by atoms with van der Waals surface area (Å²) in [6.07, 6.45) is 0.673. The van der Waals surface area contributed by atoms with Gasteiger partial charge in [0.25, 0.3) is 11.8 Å². The molecule has 1 aromatic heterocycles. The van der Waals surface area contributed by atoms with Crippen LogP contribution in [-0.4, -0.2) is 16.9 Å². The van der Waals surface area contributed by atoms with Crippen molar-refractivity contribution in [2.24, 2.45) is 5.73 Å². The molecule has 0 unspecified atom stereocenters. The summed E-state index contributed by atoms with van der Waals surface area (Å²) in [6, 6.07) is 27.2. The summed E-state index contributed by atoms with van der Waals surface area (Å²) in [6.45, 7) is 1.87. The number of hydrogen-bond acceptors (Lipinski definition) is 4. The van der Waals surface area contributed by atoms with Gasteiger partial charge in [-0.05, 0) is 53.5 Å². The van der Waals surface area contributed by atoms with Crippen LogP contribution in [0.3, 0.4) is 0 Å². The Kier molecular flexibility index (Phi) is 7.15. The van der Waals surface area contributed by atoms with Crippen LogP contribution < -0.4 is 16.4 Å². The second-order valence-electron chi connectivity index (χ2n) is 7.73. The van der Waals surface area contributed by atoms with Gasteiger partial charge in [-0.3, -0.25) is 14.9 Å². The SMILES string of the molecule is Cc1c(Cc2ccccc2)sc(NC(=S)NC(=O)c2ccc(-c3ccccc3)cc2)c1C(N)=O. The van der Waals surface area contributed by atoms with Crippen LogP contribution in [-0.2, 0) is 6.42 Å². The Bertz CT molecular complexity index is 1330. The highest BCUT2D eigenvalue weighted by atomic mass is 32.1. The van der Waals surface area contributed by atoms with Crippen molar-refractivity contribution >= 4 is 45.5 Å². The van der Waals surface area contributed by atoms with Crippen molar-refractivity contribution in [3.05, 3.63) is 112 Å². The number of primary amides is 1. The zero-order chi connectivity index (χ0) is 24.1. The third-order valence-electron chi connectivity index (χ3n) is 5.41. The molecule has 0 bridgehead atoms. The fourth-order valence-electron chi connectivity index (χ4n) is 3.65. The number of anilines is 1. The highest BCUT2D eigenvalue weighted by molar-refractivity contribution is 7.80. The lowest BCUT2D eigenvalue weighted by Gasteiger charge is -2.10. The zero-order valence-corrected chi connectivity index (χ0v) is 20.1. The molecule has 1 heterocycles. The van der Waals surface area contributed by atoms with Gasteiger partial charge in [-0.1, -0.05) is 72.8 Å². The van der Waals surface area contributed by atoms with E-state index in [1.54, 1.807) is 12.1 Å². The van der Waals surface area contributed by atoms with E-state index >= 15 is 0 Å². The fourth-order valence-corrected chi connectivity index (χ4v) is 5.16. The summed E-state index contributed by atoms with van der Waals surface area (Å²) in [5.74, 6) is -0.878. The van der Waals surface area contributed by atoms with E-state index in [2.05, 4.69) is 10.6 Å². The van der Waals surface area contributed by atoms with Gasteiger partial charge in [-0.15, -0.1) is 11.3 Å². The van der Waals surface area contributed by atoms with Crippen LogP contribution in [0, 0.1) is 6.92 Å². The van der Waals surface area contributed by atoms with Crippen LogP contribution in [0.1, 0.15) is 36.7 Å². The molecule has 170 valence electrons. The number of amides is 2. The van der Waals surface area contributed by atoms with Crippen LogP contribution in [0.15, 0.2) is 84.9 Å². The Hall–Kier alpha value is -3.81. The Morgan fingerprint density at radius 2 is 1.47 bits per heavy atom. The molecular formula is C27H23N3O2S2. The lowest BCUT2D eigenvalue weighted by atomic mass is 10.0. The second kappa shape index (κ2) is 10.4. The van der Waals surface area contributed by atoms with Gasteiger partial charge in [0.2, 0.25) is 0 Å². The van der Waals surface area contributed by atoms with E-state index in [1.807, 2.05) is 79.7 Å². The summed E-state index contributed by atoms with van der Waals surface area (Å²) in [4.78, 5) is 25.8. The number of thiocarbonyl (C=S) groups is 1. The highest BCUT2D eigenvalue weighted by Crippen LogP contribution is 2.34. The maximum atomic E-state index is 12.7. The van der Waals surface area contributed by atoms with Crippen molar-refractivity contribution in [3.8, 4) is 11.1 Å². The van der Waals surface area contributed by atoms with E-state index in [0.717, 1.165) is 27.1 Å². The molecule has 0 radical (unpaired) electrons. The third-order valence-corrected chi connectivity index (χ3v) is 6.82. The molecular weight excluding hydrogens is 462 g/mol. The number of thiophene rings is 1. The van der Waals surface area contributed by atoms with Gasteiger partial charge in [0.15, 0.2) is 5.11 Å². The summed E-state index contributed by atoms with van der Waals surface area (Å²) in [5.41, 5.74) is 10.6. The van der Waals surface area contributed by atoms with Gasteiger partial charge >= 0.3 is 0 Å². The normalized spacial score (nSPS) is 10.5. The predicted octanol–water partition coefficient (Wildman–Crippen LogP) is 5.54. The lowest BCUT2D eigenvalue weighted by Crippen LogP contribution is -2.34. The first-order chi connectivity index (χ1) is 16.4. The van der Waals surface area contributed by atoms with E-state index in [0.29, 0.717) is 22.5 Å². The molecule has 4 N–H and O–H groups in total. The number of nitrogens with one attached hydrogen (secondary N) is 2. The number of carbonyl (C=O) groups is 2. The predicted molar refractivity (Wildman–Crippen MR) is 142 cm³/mol. The van der Waals surface area contributed by atoms with Crippen LogP contribution in [0.5, 0.6) is 0 Å². The topological polar surface area (TPSA) is 84.2 Å². The molecule has 34 heavy (non-hydrogen) atoms. The minimum absolute atomic E-state index is 0.104. The molecule has 4 rings (SSSR count). The molecule has 0 saturated heterocycles. The number of rotatable bonds is 6. The molecule has 2 amide bonds.